The van der Waals surface area contributed by atoms with Gasteiger partial charge in [-0.1, -0.05) is 39.3 Å². The predicted molar refractivity (Wildman–Crippen MR) is 81.7 cm³/mol. The minimum absolute atomic E-state index is 0.133. The molecule has 0 atom stereocenters. The Kier molecular flexibility index (Phi) is 2.89. The van der Waals surface area contributed by atoms with E-state index in [9.17, 15) is 0 Å². The van der Waals surface area contributed by atoms with Crippen LogP contribution in [0.4, 0.5) is 0 Å². The molecule has 2 heterocycles. The molecule has 4 nitrogen and oxygen atoms in total. The summed E-state index contributed by atoms with van der Waals surface area (Å²) in [5.41, 5.74) is 1.96. The first-order chi connectivity index (χ1) is 10.3. The SMILES string of the molecule is Brc1cccc(-c2noc(C3(c4cccnc4)CC3)n2)c1. The molecule has 4 rings (SSSR count). The number of rotatable bonds is 3. The molecule has 0 aliphatic heterocycles. The lowest BCUT2D eigenvalue weighted by atomic mass is 9.98. The van der Waals surface area contributed by atoms with Crippen LogP contribution in [0.2, 0.25) is 0 Å². The van der Waals surface area contributed by atoms with Gasteiger partial charge in [0.2, 0.25) is 11.7 Å². The molecule has 1 saturated carbocycles. The van der Waals surface area contributed by atoms with Gasteiger partial charge in [0.1, 0.15) is 0 Å². The summed E-state index contributed by atoms with van der Waals surface area (Å²) in [6.45, 7) is 0. The Morgan fingerprint density at radius 3 is 2.76 bits per heavy atom. The van der Waals surface area contributed by atoms with Crippen LogP contribution < -0.4 is 0 Å². The monoisotopic (exact) mass is 341 g/mol. The van der Waals surface area contributed by atoms with E-state index < -0.39 is 0 Å². The van der Waals surface area contributed by atoms with Crippen LogP contribution in [-0.4, -0.2) is 15.1 Å². The molecule has 104 valence electrons. The predicted octanol–water partition coefficient (Wildman–Crippen LogP) is 3.97. The van der Waals surface area contributed by atoms with E-state index in [4.69, 9.17) is 4.52 Å². The van der Waals surface area contributed by atoms with Gasteiger partial charge >= 0.3 is 0 Å². The third kappa shape index (κ3) is 2.17. The summed E-state index contributed by atoms with van der Waals surface area (Å²) in [6, 6.07) is 11.9. The van der Waals surface area contributed by atoms with Crippen LogP contribution in [0.3, 0.4) is 0 Å². The Morgan fingerprint density at radius 1 is 1.14 bits per heavy atom. The lowest BCUT2D eigenvalue weighted by molar-refractivity contribution is 0.360. The molecule has 5 heteroatoms. The van der Waals surface area contributed by atoms with E-state index in [1.165, 1.54) is 0 Å². The lowest BCUT2D eigenvalue weighted by Gasteiger charge is -2.08. The van der Waals surface area contributed by atoms with Gasteiger partial charge in [0.25, 0.3) is 0 Å². The third-order valence-electron chi connectivity index (χ3n) is 3.88. The molecule has 0 spiro atoms. The summed E-state index contributed by atoms with van der Waals surface area (Å²) < 4.78 is 6.54. The first kappa shape index (κ1) is 12.7. The van der Waals surface area contributed by atoms with Crippen molar-refractivity contribution in [2.45, 2.75) is 18.3 Å². The molecule has 1 aromatic carbocycles. The molecule has 0 amide bonds. The van der Waals surface area contributed by atoms with Gasteiger partial charge in [-0.2, -0.15) is 4.98 Å². The van der Waals surface area contributed by atoms with E-state index in [1.54, 1.807) is 6.20 Å². The molecule has 0 N–H and O–H groups in total. The Hall–Kier alpha value is -2.01. The Bertz CT molecular complexity index is 781. The average molecular weight is 342 g/mol. The van der Waals surface area contributed by atoms with Gasteiger partial charge in [-0.25, -0.2) is 0 Å². The molecule has 0 saturated heterocycles. The summed E-state index contributed by atoms with van der Waals surface area (Å²) in [5, 5.41) is 4.13. The molecule has 3 aromatic rings. The zero-order chi connectivity index (χ0) is 14.3. The van der Waals surface area contributed by atoms with Crippen LogP contribution in [0.15, 0.2) is 57.8 Å². The fourth-order valence-corrected chi connectivity index (χ4v) is 2.96. The maximum absolute atomic E-state index is 5.54. The number of hydrogen-bond acceptors (Lipinski definition) is 4. The van der Waals surface area contributed by atoms with Crippen molar-refractivity contribution in [1.29, 1.82) is 0 Å². The number of hydrogen-bond donors (Lipinski definition) is 0. The molecule has 21 heavy (non-hydrogen) atoms. The van der Waals surface area contributed by atoms with Crippen LogP contribution in [-0.2, 0) is 5.41 Å². The van der Waals surface area contributed by atoms with Crippen LogP contribution >= 0.6 is 15.9 Å². The second-order valence-electron chi connectivity index (χ2n) is 5.26. The van der Waals surface area contributed by atoms with Crippen LogP contribution in [0, 0.1) is 0 Å². The van der Waals surface area contributed by atoms with Crippen molar-refractivity contribution in [3.05, 3.63) is 64.7 Å². The van der Waals surface area contributed by atoms with E-state index >= 15 is 0 Å². The average Bonchev–Trinajstić information content (AvgIpc) is 3.18. The molecular formula is C16H12BrN3O. The highest BCUT2D eigenvalue weighted by Crippen LogP contribution is 2.52. The van der Waals surface area contributed by atoms with Crippen molar-refractivity contribution >= 4 is 15.9 Å². The van der Waals surface area contributed by atoms with Crippen molar-refractivity contribution in [1.82, 2.24) is 15.1 Å². The quantitative estimate of drug-likeness (QED) is 0.723. The van der Waals surface area contributed by atoms with E-state index in [2.05, 4.69) is 37.1 Å². The lowest BCUT2D eigenvalue weighted by Crippen LogP contribution is -2.09. The number of pyridine rings is 1. The number of benzene rings is 1. The largest absolute Gasteiger partial charge is 0.338 e. The zero-order valence-electron chi connectivity index (χ0n) is 11.2. The zero-order valence-corrected chi connectivity index (χ0v) is 12.7. The number of nitrogens with zero attached hydrogens (tertiary/aromatic N) is 3. The van der Waals surface area contributed by atoms with Gasteiger partial charge in [0.05, 0.1) is 5.41 Å². The standard InChI is InChI=1S/C16H12BrN3O/c17-13-5-1-3-11(9-13)14-19-15(21-20-14)16(6-7-16)12-4-2-8-18-10-12/h1-5,8-10H,6-7H2. The highest BCUT2D eigenvalue weighted by molar-refractivity contribution is 9.10. The molecule has 1 aliphatic rings. The highest BCUT2D eigenvalue weighted by atomic mass is 79.9. The summed E-state index contributed by atoms with van der Waals surface area (Å²) in [4.78, 5) is 8.80. The fraction of sp³-hybridized carbons (Fsp3) is 0.188. The van der Waals surface area contributed by atoms with Gasteiger partial charge < -0.3 is 4.52 Å². The van der Waals surface area contributed by atoms with Crippen molar-refractivity contribution < 1.29 is 4.52 Å². The second kappa shape index (κ2) is 4.77. The molecule has 2 aromatic heterocycles. The van der Waals surface area contributed by atoms with Crippen LogP contribution in [0.25, 0.3) is 11.4 Å². The Labute approximate surface area is 130 Å². The van der Waals surface area contributed by atoms with E-state index in [1.807, 2.05) is 36.5 Å². The first-order valence-corrected chi connectivity index (χ1v) is 7.58. The van der Waals surface area contributed by atoms with Gasteiger partial charge in [0, 0.05) is 22.4 Å². The molecule has 0 radical (unpaired) electrons. The summed E-state index contributed by atoms with van der Waals surface area (Å²) in [5.74, 6) is 1.31. The van der Waals surface area contributed by atoms with Gasteiger partial charge in [-0.3, -0.25) is 4.98 Å². The topological polar surface area (TPSA) is 51.8 Å². The normalized spacial score (nSPS) is 15.9. The molecule has 0 unspecified atom stereocenters. The second-order valence-corrected chi connectivity index (χ2v) is 6.17. The minimum atomic E-state index is -0.133. The summed E-state index contributed by atoms with van der Waals surface area (Å²) in [6.07, 6.45) is 5.72. The van der Waals surface area contributed by atoms with Crippen molar-refractivity contribution in [3.8, 4) is 11.4 Å². The van der Waals surface area contributed by atoms with Crippen molar-refractivity contribution in [3.63, 3.8) is 0 Å². The fourth-order valence-electron chi connectivity index (χ4n) is 2.56. The third-order valence-corrected chi connectivity index (χ3v) is 4.38. The maximum Gasteiger partial charge on any atom is 0.237 e. The maximum atomic E-state index is 5.54. The Morgan fingerprint density at radius 2 is 2.05 bits per heavy atom. The first-order valence-electron chi connectivity index (χ1n) is 6.79. The number of aromatic nitrogens is 3. The minimum Gasteiger partial charge on any atom is -0.338 e. The molecule has 0 bridgehead atoms. The molecular weight excluding hydrogens is 330 g/mol. The molecule has 1 aliphatic carbocycles. The summed E-state index contributed by atoms with van der Waals surface area (Å²) >= 11 is 3.46. The summed E-state index contributed by atoms with van der Waals surface area (Å²) in [7, 11) is 0. The highest BCUT2D eigenvalue weighted by Gasteiger charge is 2.51. The van der Waals surface area contributed by atoms with Crippen LogP contribution in [0.1, 0.15) is 24.3 Å². The van der Waals surface area contributed by atoms with Gasteiger partial charge in [-0.15, -0.1) is 0 Å². The van der Waals surface area contributed by atoms with E-state index in [0.29, 0.717) is 11.7 Å². The van der Waals surface area contributed by atoms with E-state index in [0.717, 1.165) is 28.4 Å². The van der Waals surface area contributed by atoms with E-state index in [-0.39, 0.29) is 5.41 Å². The van der Waals surface area contributed by atoms with Crippen LogP contribution in [0.5, 0.6) is 0 Å². The van der Waals surface area contributed by atoms with Crippen molar-refractivity contribution in [2.75, 3.05) is 0 Å². The van der Waals surface area contributed by atoms with Gasteiger partial charge in [0.15, 0.2) is 0 Å². The van der Waals surface area contributed by atoms with Gasteiger partial charge in [-0.05, 0) is 36.6 Å². The Balaban J connectivity index is 1.72. The smallest absolute Gasteiger partial charge is 0.237 e. The molecule has 1 fully saturated rings. The number of halogens is 1. The van der Waals surface area contributed by atoms with Crippen molar-refractivity contribution in [2.24, 2.45) is 0 Å².